The molecule has 0 spiro atoms. The van der Waals surface area contributed by atoms with Crippen molar-refractivity contribution in [1.29, 1.82) is 0 Å². The van der Waals surface area contributed by atoms with Gasteiger partial charge in [0, 0.05) is 6.07 Å². The van der Waals surface area contributed by atoms with Crippen LogP contribution >= 0.6 is 0 Å². The van der Waals surface area contributed by atoms with Crippen LogP contribution in [0.1, 0.15) is 25.3 Å². The van der Waals surface area contributed by atoms with Crippen LogP contribution in [0, 0.1) is 0 Å². The number of nitrogens with two attached hydrogens (primary N) is 1. The van der Waals surface area contributed by atoms with Crippen molar-refractivity contribution in [3.05, 3.63) is 42.0 Å². The first-order valence-corrected chi connectivity index (χ1v) is 6.89. The highest BCUT2D eigenvalue weighted by molar-refractivity contribution is 5.81. The van der Waals surface area contributed by atoms with Gasteiger partial charge in [-0.15, -0.1) is 10.2 Å². The van der Waals surface area contributed by atoms with Crippen LogP contribution in [0.15, 0.2) is 36.4 Å². The van der Waals surface area contributed by atoms with E-state index in [4.69, 9.17) is 10.5 Å². The minimum atomic E-state index is 0.507. The van der Waals surface area contributed by atoms with E-state index in [2.05, 4.69) is 36.2 Å². The van der Waals surface area contributed by atoms with E-state index in [0.29, 0.717) is 17.4 Å². The molecule has 108 valence electrons. The lowest BCUT2D eigenvalue weighted by Gasteiger charge is -2.05. The summed E-state index contributed by atoms with van der Waals surface area (Å²) in [7, 11) is 1.59. The maximum Gasteiger partial charge on any atom is 0.144 e. The molecule has 0 atom stereocenters. The fourth-order valence-corrected chi connectivity index (χ4v) is 2.25. The van der Waals surface area contributed by atoms with Crippen LogP contribution in [0.5, 0.6) is 5.75 Å². The number of aromatic nitrogens is 3. The predicted octanol–water partition coefficient (Wildman–Crippen LogP) is 3.13. The highest BCUT2D eigenvalue weighted by atomic mass is 16.5. The highest BCUT2D eigenvalue weighted by Gasteiger charge is 2.09. The Labute approximate surface area is 123 Å². The summed E-state index contributed by atoms with van der Waals surface area (Å²) in [5, 5.41) is 8.94. The van der Waals surface area contributed by atoms with E-state index in [0.717, 1.165) is 16.7 Å². The van der Waals surface area contributed by atoms with Crippen molar-refractivity contribution >= 4 is 16.7 Å². The Hall–Kier alpha value is -2.56. The second-order valence-corrected chi connectivity index (χ2v) is 5.32. The smallest absolute Gasteiger partial charge is 0.144 e. The van der Waals surface area contributed by atoms with Gasteiger partial charge < -0.3 is 10.5 Å². The molecule has 1 heterocycles. The first kappa shape index (κ1) is 13.4. The number of ether oxygens (including phenoxy) is 1. The third-order valence-electron chi connectivity index (χ3n) is 3.52. The first-order chi connectivity index (χ1) is 10.1. The molecule has 0 saturated carbocycles. The number of hydrogen-bond donors (Lipinski definition) is 1. The standard InChI is InChI=1S/C16H18N4O/c1-10(2)11-4-6-12(7-5-11)20-18-14-8-13(17)16(21-3)9-15(14)19-20/h4-10H,17H2,1-3H3. The van der Waals surface area contributed by atoms with Crippen LogP contribution in [0.25, 0.3) is 16.7 Å². The zero-order valence-electron chi connectivity index (χ0n) is 12.4. The van der Waals surface area contributed by atoms with Crippen molar-refractivity contribution in [2.45, 2.75) is 19.8 Å². The van der Waals surface area contributed by atoms with Gasteiger partial charge in [-0.25, -0.2) is 0 Å². The summed E-state index contributed by atoms with van der Waals surface area (Å²) in [5.41, 5.74) is 10.2. The molecule has 5 heteroatoms. The quantitative estimate of drug-likeness (QED) is 0.749. The van der Waals surface area contributed by atoms with Gasteiger partial charge in [0.2, 0.25) is 0 Å². The molecule has 2 aromatic carbocycles. The van der Waals surface area contributed by atoms with Crippen molar-refractivity contribution in [1.82, 2.24) is 15.0 Å². The fourth-order valence-electron chi connectivity index (χ4n) is 2.25. The average Bonchev–Trinajstić information content (AvgIpc) is 2.89. The van der Waals surface area contributed by atoms with Crippen molar-refractivity contribution in [2.75, 3.05) is 12.8 Å². The molecule has 0 amide bonds. The topological polar surface area (TPSA) is 66.0 Å². The summed E-state index contributed by atoms with van der Waals surface area (Å²) in [6.45, 7) is 4.34. The van der Waals surface area contributed by atoms with Crippen LogP contribution in [-0.2, 0) is 0 Å². The lowest BCUT2D eigenvalue weighted by molar-refractivity contribution is 0.417. The molecule has 0 aliphatic heterocycles. The molecule has 2 N–H and O–H groups in total. The lowest BCUT2D eigenvalue weighted by Crippen LogP contribution is -1.98. The third kappa shape index (κ3) is 2.42. The maximum absolute atomic E-state index is 5.90. The molecule has 0 unspecified atom stereocenters. The Balaban J connectivity index is 2.04. The van der Waals surface area contributed by atoms with Crippen LogP contribution in [0.3, 0.4) is 0 Å². The number of hydrogen-bond acceptors (Lipinski definition) is 4. The lowest BCUT2D eigenvalue weighted by atomic mass is 10.0. The van der Waals surface area contributed by atoms with E-state index in [-0.39, 0.29) is 0 Å². The second-order valence-electron chi connectivity index (χ2n) is 5.32. The van der Waals surface area contributed by atoms with Gasteiger partial charge in [-0.2, -0.15) is 4.80 Å². The van der Waals surface area contributed by atoms with Crippen LogP contribution in [0.4, 0.5) is 5.69 Å². The summed E-state index contributed by atoms with van der Waals surface area (Å²) in [6.07, 6.45) is 0. The Bertz CT molecular complexity index is 775. The minimum absolute atomic E-state index is 0.507. The molecular formula is C16H18N4O. The zero-order valence-corrected chi connectivity index (χ0v) is 12.4. The van der Waals surface area contributed by atoms with Crippen molar-refractivity contribution in [2.24, 2.45) is 0 Å². The minimum Gasteiger partial charge on any atom is -0.495 e. The van der Waals surface area contributed by atoms with Gasteiger partial charge in [0.25, 0.3) is 0 Å². The first-order valence-electron chi connectivity index (χ1n) is 6.89. The predicted molar refractivity (Wildman–Crippen MR) is 83.9 cm³/mol. The van der Waals surface area contributed by atoms with Crippen LogP contribution in [0.2, 0.25) is 0 Å². The Morgan fingerprint density at radius 3 is 2.24 bits per heavy atom. The number of benzene rings is 2. The fraction of sp³-hybridized carbons (Fsp3) is 0.250. The van der Waals surface area contributed by atoms with Gasteiger partial charge in [-0.3, -0.25) is 0 Å². The molecule has 0 aliphatic rings. The number of methoxy groups -OCH3 is 1. The van der Waals surface area contributed by atoms with Crippen molar-refractivity contribution < 1.29 is 4.74 Å². The van der Waals surface area contributed by atoms with E-state index in [1.54, 1.807) is 24.0 Å². The summed E-state index contributed by atoms with van der Waals surface area (Å²) >= 11 is 0. The van der Waals surface area contributed by atoms with E-state index in [1.807, 2.05) is 12.1 Å². The van der Waals surface area contributed by atoms with Crippen molar-refractivity contribution in [3.63, 3.8) is 0 Å². The molecule has 0 aliphatic carbocycles. The van der Waals surface area contributed by atoms with Gasteiger partial charge in [0.05, 0.1) is 18.5 Å². The molecule has 3 aromatic rings. The zero-order chi connectivity index (χ0) is 15.0. The van der Waals surface area contributed by atoms with Gasteiger partial charge in [-0.1, -0.05) is 26.0 Å². The van der Waals surface area contributed by atoms with E-state index < -0.39 is 0 Å². The number of anilines is 1. The summed E-state index contributed by atoms with van der Waals surface area (Å²) in [4.78, 5) is 1.62. The van der Waals surface area contributed by atoms with Crippen LogP contribution < -0.4 is 10.5 Å². The van der Waals surface area contributed by atoms with E-state index in [9.17, 15) is 0 Å². The summed E-state index contributed by atoms with van der Waals surface area (Å²) in [6, 6.07) is 11.8. The largest absolute Gasteiger partial charge is 0.495 e. The monoisotopic (exact) mass is 282 g/mol. The third-order valence-corrected chi connectivity index (χ3v) is 3.52. The summed E-state index contributed by atoms with van der Waals surface area (Å²) in [5.74, 6) is 1.12. The average molecular weight is 282 g/mol. The van der Waals surface area contributed by atoms with Gasteiger partial charge in [-0.05, 0) is 29.7 Å². The molecule has 0 radical (unpaired) electrons. The highest BCUT2D eigenvalue weighted by Crippen LogP contribution is 2.26. The van der Waals surface area contributed by atoms with Gasteiger partial charge in [0.1, 0.15) is 16.8 Å². The van der Waals surface area contributed by atoms with E-state index >= 15 is 0 Å². The normalized spacial score (nSPS) is 11.2. The maximum atomic E-state index is 5.90. The number of rotatable bonds is 3. The molecule has 0 saturated heterocycles. The Kier molecular flexibility index (Phi) is 3.25. The van der Waals surface area contributed by atoms with Gasteiger partial charge in [0.15, 0.2) is 0 Å². The molecule has 5 nitrogen and oxygen atoms in total. The summed E-state index contributed by atoms with van der Waals surface area (Å²) < 4.78 is 5.21. The molecule has 3 rings (SSSR count). The molecular weight excluding hydrogens is 264 g/mol. The molecule has 21 heavy (non-hydrogen) atoms. The molecule has 0 fully saturated rings. The Morgan fingerprint density at radius 1 is 1.05 bits per heavy atom. The number of fused-ring (bicyclic) bond motifs is 1. The number of nitrogens with zero attached hydrogens (tertiary/aromatic N) is 3. The van der Waals surface area contributed by atoms with Crippen LogP contribution in [-0.4, -0.2) is 22.1 Å². The van der Waals surface area contributed by atoms with E-state index in [1.165, 1.54) is 5.56 Å². The Morgan fingerprint density at radius 2 is 1.67 bits per heavy atom. The van der Waals surface area contributed by atoms with Gasteiger partial charge >= 0.3 is 0 Å². The van der Waals surface area contributed by atoms with Crippen molar-refractivity contribution in [3.8, 4) is 11.4 Å². The second kappa shape index (κ2) is 5.09. The SMILES string of the molecule is COc1cc2nn(-c3ccc(C(C)C)cc3)nc2cc1N. The number of nitrogen functional groups attached to an aromatic ring is 1. The molecule has 1 aromatic heterocycles. The molecule has 0 bridgehead atoms.